The third kappa shape index (κ3) is 4.13. The number of halogens is 1. The molecule has 0 radical (unpaired) electrons. The summed E-state index contributed by atoms with van der Waals surface area (Å²) in [5, 5.41) is 9.73. The van der Waals surface area contributed by atoms with Crippen molar-refractivity contribution in [3.05, 3.63) is 69.7 Å². The zero-order valence-electron chi connectivity index (χ0n) is 14.5. The van der Waals surface area contributed by atoms with Crippen molar-refractivity contribution in [1.29, 1.82) is 0 Å². The highest BCUT2D eigenvalue weighted by Crippen LogP contribution is 2.35. The van der Waals surface area contributed by atoms with E-state index < -0.39 is 12.0 Å². The van der Waals surface area contributed by atoms with E-state index >= 15 is 0 Å². The molecular formula is C21H24BrNO2. The van der Waals surface area contributed by atoms with Crippen LogP contribution in [-0.2, 0) is 11.2 Å². The van der Waals surface area contributed by atoms with Gasteiger partial charge in [-0.25, -0.2) is 0 Å². The number of aliphatic carboxylic acids is 1. The van der Waals surface area contributed by atoms with Crippen LogP contribution in [0.25, 0.3) is 0 Å². The number of benzene rings is 2. The largest absolute Gasteiger partial charge is 0.480 e. The Morgan fingerprint density at radius 2 is 1.72 bits per heavy atom. The molecule has 1 saturated heterocycles. The molecule has 0 bridgehead atoms. The summed E-state index contributed by atoms with van der Waals surface area (Å²) < 4.78 is 1.03. The van der Waals surface area contributed by atoms with Crippen LogP contribution >= 0.6 is 15.9 Å². The van der Waals surface area contributed by atoms with Gasteiger partial charge in [-0.15, -0.1) is 0 Å². The lowest BCUT2D eigenvalue weighted by atomic mass is 9.91. The third-order valence-corrected chi connectivity index (χ3v) is 5.58. The van der Waals surface area contributed by atoms with Crippen LogP contribution in [0.5, 0.6) is 0 Å². The Kier molecular flexibility index (Phi) is 5.92. The Morgan fingerprint density at radius 3 is 2.28 bits per heavy atom. The van der Waals surface area contributed by atoms with Crippen LogP contribution < -0.4 is 0 Å². The second-order valence-corrected chi connectivity index (χ2v) is 7.55. The zero-order chi connectivity index (χ0) is 17.8. The number of hydrogen-bond acceptors (Lipinski definition) is 2. The number of hydrogen-bond donors (Lipinski definition) is 1. The molecule has 1 heterocycles. The molecule has 1 fully saturated rings. The van der Waals surface area contributed by atoms with E-state index in [1.165, 1.54) is 5.56 Å². The fraction of sp³-hybridized carbons (Fsp3) is 0.381. The first-order valence-corrected chi connectivity index (χ1v) is 9.72. The molecule has 25 heavy (non-hydrogen) atoms. The summed E-state index contributed by atoms with van der Waals surface area (Å²) in [6.07, 6.45) is 3.75. The van der Waals surface area contributed by atoms with Gasteiger partial charge in [0, 0.05) is 4.47 Å². The number of carboxylic acid groups (broad SMARTS) is 1. The van der Waals surface area contributed by atoms with E-state index in [4.69, 9.17) is 0 Å². The number of nitrogens with zero attached hydrogens (tertiary/aromatic N) is 1. The van der Waals surface area contributed by atoms with Gasteiger partial charge in [0.2, 0.25) is 0 Å². The topological polar surface area (TPSA) is 40.5 Å². The molecule has 0 amide bonds. The molecule has 2 atom stereocenters. The van der Waals surface area contributed by atoms with Crippen LogP contribution in [-0.4, -0.2) is 28.6 Å². The van der Waals surface area contributed by atoms with Gasteiger partial charge in [0.15, 0.2) is 0 Å². The highest BCUT2D eigenvalue weighted by molar-refractivity contribution is 9.10. The first kappa shape index (κ1) is 18.2. The summed E-state index contributed by atoms with van der Waals surface area (Å²) in [6, 6.07) is 16.4. The van der Waals surface area contributed by atoms with Gasteiger partial charge in [-0.1, -0.05) is 65.7 Å². The molecular weight excluding hydrogens is 378 g/mol. The Balaban J connectivity index is 2.03. The Morgan fingerprint density at radius 1 is 1.12 bits per heavy atom. The van der Waals surface area contributed by atoms with Gasteiger partial charge in [-0.2, -0.15) is 0 Å². The average molecular weight is 402 g/mol. The highest BCUT2D eigenvalue weighted by atomic mass is 79.9. The van der Waals surface area contributed by atoms with Crippen LogP contribution in [0.3, 0.4) is 0 Å². The quantitative estimate of drug-likeness (QED) is 0.762. The lowest BCUT2D eigenvalue weighted by molar-refractivity contribution is -0.145. The molecule has 1 aliphatic rings. The lowest BCUT2D eigenvalue weighted by Crippen LogP contribution is -2.46. The second kappa shape index (κ2) is 8.15. The zero-order valence-corrected chi connectivity index (χ0v) is 16.1. The van der Waals surface area contributed by atoms with E-state index in [9.17, 15) is 9.90 Å². The molecule has 132 valence electrons. The molecule has 3 nitrogen and oxygen atoms in total. The van der Waals surface area contributed by atoms with Crippen molar-refractivity contribution >= 4 is 21.9 Å². The van der Waals surface area contributed by atoms with Crippen LogP contribution in [0.2, 0.25) is 0 Å². The molecule has 0 aliphatic carbocycles. The maximum atomic E-state index is 11.8. The number of piperidine rings is 1. The van der Waals surface area contributed by atoms with Crippen molar-refractivity contribution in [3.63, 3.8) is 0 Å². The predicted molar refractivity (Wildman–Crippen MR) is 104 cm³/mol. The van der Waals surface area contributed by atoms with Crippen molar-refractivity contribution in [3.8, 4) is 0 Å². The minimum Gasteiger partial charge on any atom is -0.480 e. The normalized spacial score (nSPS) is 19.5. The van der Waals surface area contributed by atoms with Gasteiger partial charge in [0.25, 0.3) is 0 Å². The van der Waals surface area contributed by atoms with E-state index in [2.05, 4.69) is 64.2 Å². The summed E-state index contributed by atoms with van der Waals surface area (Å²) in [6.45, 7) is 2.96. The number of carbonyl (C=O) groups is 1. The van der Waals surface area contributed by atoms with Crippen molar-refractivity contribution in [2.75, 3.05) is 6.54 Å². The van der Waals surface area contributed by atoms with Gasteiger partial charge < -0.3 is 5.11 Å². The molecule has 0 aromatic heterocycles. The van der Waals surface area contributed by atoms with Crippen molar-refractivity contribution in [2.45, 2.75) is 44.7 Å². The number of rotatable bonds is 5. The lowest BCUT2D eigenvalue weighted by Gasteiger charge is -2.39. The Labute approximate surface area is 157 Å². The van der Waals surface area contributed by atoms with Crippen LogP contribution in [0.1, 0.15) is 48.9 Å². The number of likely N-dealkylation sites (tertiary alicyclic amines) is 1. The number of aryl methyl sites for hydroxylation is 1. The molecule has 2 unspecified atom stereocenters. The SMILES string of the molecule is CCc1ccc(C(c2ccc(Br)cc2)N2CCCCC2C(=O)O)cc1. The van der Waals surface area contributed by atoms with Gasteiger partial charge in [-0.3, -0.25) is 9.69 Å². The van der Waals surface area contributed by atoms with Gasteiger partial charge in [0.1, 0.15) is 6.04 Å². The van der Waals surface area contributed by atoms with Gasteiger partial charge >= 0.3 is 5.97 Å². The third-order valence-electron chi connectivity index (χ3n) is 5.05. The summed E-state index contributed by atoms with van der Waals surface area (Å²) >= 11 is 3.49. The van der Waals surface area contributed by atoms with Crippen molar-refractivity contribution in [1.82, 2.24) is 4.90 Å². The highest BCUT2D eigenvalue weighted by Gasteiger charge is 2.35. The number of carboxylic acids is 1. The molecule has 3 rings (SSSR count). The second-order valence-electron chi connectivity index (χ2n) is 6.64. The molecule has 0 spiro atoms. The van der Waals surface area contributed by atoms with Crippen LogP contribution in [0.15, 0.2) is 53.0 Å². The molecule has 0 saturated carbocycles. The molecule has 2 aromatic carbocycles. The minimum atomic E-state index is -0.716. The maximum absolute atomic E-state index is 11.8. The standard InChI is InChI=1S/C21H24BrNO2/c1-2-15-6-8-16(9-7-15)20(17-10-12-18(22)13-11-17)23-14-4-3-5-19(23)21(24)25/h6-13,19-20H,2-5,14H2,1H3,(H,24,25). The van der Waals surface area contributed by atoms with Crippen molar-refractivity contribution in [2.24, 2.45) is 0 Å². The monoisotopic (exact) mass is 401 g/mol. The van der Waals surface area contributed by atoms with E-state index in [-0.39, 0.29) is 6.04 Å². The van der Waals surface area contributed by atoms with E-state index in [1.54, 1.807) is 0 Å². The summed E-state index contributed by atoms with van der Waals surface area (Å²) in [5.74, 6) is -0.716. The molecule has 1 aliphatic heterocycles. The molecule has 2 aromatic rings. The van der Waals surface area contributed by atoms with Gasteiger partial charge in [-0.05, 0) is 54.6 Å². The predicted octanol–water partition coefficient (Wildman–Crippen LogP) is 5.04. The van der Waals surface area contributed by atoms with Crippen LogP contribution in [0, 0.1) is 0 Å². The average Bonchev–Trinajstić information content (AvgIpc) is 2.64. The summed E-state index contributed by atoms with van der Waals surface area (Å²) in [7, 11) is 0. The summed E-state index contributed by atoms with van der Waals surface area (Å²) in [5.41, 5.74) is 3.60. The van der Waals surface area contributed by atoms with Crippen LogP contribution in [0.4, 0.5) is 0 Å². The first-order chi connectivity index (χ1) is 12.1. The maximum Gasteiger partial charge on any atom is 0.320 e. The van der Waals surface area contributed by atoms with E-state index in [0.717, 1.165) is 47.8 Å². The van der Waals surface area contributed by atoms with E-state index in [0.29, 0.717) is 0 Å². The fourth-order valence-corrected chi connectivity index (χ4v) is 3.95. The fourth-order valence-electron chi connectivity index (χ4n) is 3.68. The summed E-state index contributed by atoms with van der Waals surface area (Å²) in [4.78, 5) is 14.0. The molecule has 4 heteroatoms. The van der Waals surface area contributed by atoms with E-state index in [1.807, 2.05) is 12.1 Å². The Hall–Kier alpha value is -1.65. The minimum absolute atomic E-state index is 0.0274. The first-order valence-electron chi connectivity index (χ1n) is 8.93. The molecule has 1 N–H and O–H groups in total. The van der Waals surface area contributed by atoms with Crippen molar-refractivity contribution < 1.29 is 9.90 Å². The Bertz CT molecular complexity index is 712. The van der Waals surface area contributed by atoms with Gasteiger partial charge in [0.05, 0.1) is 6.04 Å². The smallest absolute Gasteiger partial charge is 0.320 e.